The van der Waals surface area contributed by atoms with Gasteiger partial charge in [-0.05, 0) is 70.6 Å². The quantitative estimate of drug-likeness (QED) is 0.0432. The summed E-state index contributed by atoms with van der Waals surface area (Å²) in [4.78, 5) is 12.4. The van der Waals surface area contributed by atoms with E-state index in [0.717, 1.165) is 44.9 Å². The number of hydrogen-bond acceptors (Lipinski definition) is 3. The van der Waals surface area contributed by atoms with Crippen LogP contribution >= 0.6 is 0 Å². The number of aliphatic hydroxyl groups is 2. The van der Waals surface area contributed by atoms with Gasteiger partial charge in [-0.25, -0.2) is 0 Å². The fourth-order valence-electron chi connectivity index (χ4n) is 6.67. The fraction of sp³-hybridized carbons (Fsp3) is 0.776. The smallest absolute Gasteiger partial charge is 0.220 e. The summed E-state index contributed by atoms with van der Waals surface area (Å²) in [6.45, 7) is 4.28. The van der Waals surface area contributed by atoms with Crippen molar-refractivity contribution in [3.8, 4) is 0 Å². The van der Waals surface area contributed by atoms with Crippen LogP contribution < -0.4 is 5.32 Å². The zero-order valence-electron chi connectivity index (χ0n) is 35.3. The Morgan fingerprint density at radius 1 is 0.453 bits per heavy atom. The molecule has 2 atom stereocenters. The van der Waals surface area contributed by atoms with E-state index in [-0.39, 0.29) is 12.5 Å². The molecule has 0 saturated heterocycles. The maximum atomic E-state index is 12.4. The van der Waals surface area contributed by atoms with Crippen LogP contribution in [-0.4, -0.2) is 34.9 Å². The maximum Gasteiger partial charge on any atom is 0.220 e. The number of allylic oxidation sites excluding steroid dienone is 9. The molecule has 308 valence electrons. The van der Waals surface area contributed by atoms with E-state index in [4.69, 9.17) is 0 Å². The molecule has 0 fully saturated rings. The van der Waals surface area contributed by atoms with Gasteiger partial charge in [0.15, 0.2) is 0 Å². The Hall–Kier alpha value is -1.91. The number of nitrogens with one attached hydrogen (secondary N) is 1. The molecule has 0 heterocycles. The largest absolute Gasteiger partial charge is 0.394 e. The molecule has 2 unspecified atom stereocenters. The van der Waals surface area contributed by atoms with E-state index < -0.39 is 12.1 Å². The molecule has 0 aromatic carbocycles. The molecule has 0 aromatic rings. The summed E-state index contributed by atoms with van der Waals surface area (Å²) in [7, 11) is 0. The molecule has 0 saturated carbocycles. The SMILES string of the molecule is CCCCCCC/C=C\C/C=C\C/C=C\CCCCCCCCCCCCC(=O)NC(CO)C(O)/C=C/CC/C=C/CCCCCCCCCCCC. The number of amides is 1. The number of hydrogen-bond donors (Lipinski definition) is 3. The fourth-order valence-corrected chi connectivity index (χ4v) is 6.67. The predicted octanol–water partition coefficient (Wildman–Crippen LogP) is 14.5. The minimum Gasteiger partial charge on any atom is -0.394 e. The Balaban J connectivity index is 3.61. The first-order chi connectivity index (χ1) is 26.2. The van der Waals surface area contributed by atoms with E-state index in [0.29, 0.717) is 6.42 Å². The second kappa shape index (κ2) is 44.5. The number of rotatable bonds is 41. The van der Waals surface area contributed by atoms with Gasteiger partial charge in [-0.2, -0.15) is 0 Å². The van der Waals surface area contributed by atoms with Crippen LogP contribution in [0.3, 0.4) is 0 Å². The Kier molecular flexibility index (Phi) is 42.9. The summed E-state index contributed by atoms with van der Waals surface area (Å²) in [5.41, 5.74) is 0. The Bertz CT molecular complexity index is 888. The molecular weight excluding hydrogens is 651 g/mol. The van der Waals surface area contributed by atoms with E-state index in [9.17, 15) is 15.0 Å². The highest BCUT2D eigenvalue weighted by Crippen LogP contribution is 2.14. The minimum atomic E-state index is -0.865. The molecule has 0 aromatic heterocycles. The first-order valence-electron chi connectivity index (χ1n) is 23.0. The van der Waals surface area contributed by atoms with E-state index in [1.54, 1.807) is 6.08 Å². The predicted molar refractivity (Wildman–Crippen MR) is 234 cm³/mol. The lowest BCUT2D eigenvalue weighted by atomic mass is 10.0. The first-order valence-corrected chi connectivity index (χ1v) is 23.0. The summed E-state index contributed by atoms with van der Waals surface area (Å²) >= 11 is 0. The van der Waals surface area contributed by atoms with E-state index in [2.05, 4.69) is 67.8 Å². The second-order valence-corrected chi connectivity index (χ2v) is 15.5. The third-order valence-electron chi connectivity index (χ3n) is 10.2. The zero-order chi connectivity index (χ0) is 38.6. The highest BCUT2D eigenvalue weighted by molar-refractivity contribution is 5.76. The summed E-state index contributed by atoms with van der Waals surface area (Å²) in [6, 6.07) is -0.643. The molecule has 4 nitrogen and oxygen atoms in total. The monoisotopic (exact) mass is 740 g/mol. The highest BCUT2D eigenvalue weighted by atomic mass is 16.3. The molecule has 0 radical (unpaired) electrons. The average molecular weight is 740 g/mol. The molecule has 4 heteroatoms. The third kappa shape index (κ3) is 41.1. The van der Waals surface area contributed by atoms with E-state index in [1.165, 1.54) is 161 Å². The van der Waals surface area contributed by atoms with Crippen molar-refractivity contribution in [3.63, 3.8) is 0 Å². The molecule has 0 rings (SSSR count). The molecular formula is C49H89NO3. The molecule has 0 aliphatic heterocycles. The van der Waals surface area contributed by atoms with Gasteiger partial charge in [0.25, 0.3) is 0 Å². The van der Waals surface area contributed by atoms with Crippen LogP contribution in [0.4, 0.5) is 0 Å². The lowest BCUT2D eigenvalue weighted by Crippen LogP contribution is -2.45. The van der Waals surface area contributed by atoms with Gasteiger partial charge in [-0.1, -0.05) is 209 Å². The number of carbonyl (C=O) groups is 1. The van der Waals surface area contributed by atoms with Gasteiger partial charge >= 0.3 is 0 Å². The van der Waals surface area contributed by atoms with Gasteiger partial charge in [0, 0.05) is 6.42 Å². The van der Waals surface area contributed by atoms with Crippen molar-refractivity contribution >= 4 is 5.91 Å². The number of aliphatic hydroxyl groups excluding tert-OH is 2. The Morgan fingerprint density at radius 2 is 0.792 bits per heavy atom. The molecule has 1 amide bonds. The van der Waals surface area contributed by atoms with Crippen molar-refractivity contribution < 1.29 is 15.0 Å². The van der Waals surface area contributed by atoms with Crippen molar-refractivity contribution in [1.29, 1.82) is 0 Å². The van der Waals surface area contributed by atoms with E-state index >= 15 is 0 Å². The van der Waals surface area contributed by atoms with Gasteiger partial charge in [-0.3, -0.25) is 4.79 Å². The van der Waals surface area contributed by atoms with Crippen molar-refractivity contribution in [2.75, 3.05) is 6.61 Å². The van der Waals surface area contributed by atoms with Gasteiger partial charge < -0.3 is 15.5 Å². The summed E-state index contributed by atoms with van der Waals surface area (Å²) < 4.78 is 0. The number of unbranched alkanes of at least 4 members (excludes halogenated alkanes) is 26. The van der Waals surface area contributed by atoms with Crippen LogP contribution in [0.25, 0.3) is 0 Å². The van der Waals surface area contributed by atoms with Crippen LogP contribution in [0.5, 0.6) is 0 Å². The third-order valence-corrected chi connectivity index (χ3v) is 10.2. The van der Waals surface area contributed by atoms with Crippen molar-refractivity contribution in [2.24, 2.45) is 0 Å². The molecule has 0 aliphatic carbocycles. The lowest BCUT2D eigenvalue weighted by molar-refractivity contribution is -0.123. The minimum absolute atomic E-state index is 0.0794. The summed E-state index contributed by atoms with van der Waals surface area (Å²) in [5.74, 6) is -0.0794. The second-order valence-electron chi connectivity index (χ2n) is 15.5. The average Bonchev–Trinajstić information content (AvgIpc) is 3.16. The lowest BCUT2D eigenvalue weighted by Gasteiger charge is -2.19. The van der Waals surface area contributed by atoms with Crippen molar-refractivity contribution in [2.45, 2.75) is 238 Å². The molecule has 3 N–H and O–H groups in total. The molecule has 53 heavy (non-hydrogen) atoms. The standard InChI is InChI=1S/C49H89NO3/c1-3-5-7-9-11-13-15-17-19-21-22-23-24-25-26-27-28-29-31-33-35-37-39-41-43-45-49(53)50-47(46-51)48(52)44-42-40-38-36-34-32-30-20-18-16-14-12-10-8-6-4-2/h15,17,21-22,24-25,34,36,42,44,47-48,51-52H,3-14,16,18-20,23,26-33,35,37-41,43,45-46H2,1-2H3,(H,50,53)/b17-15-,22-21-,25-24-,36-34+,44-42+. The van der Waals surface area contributed by atoms with Crippen molar-refractivity contribution in [1.82, 2.24) is 5.32 Å². The number of carbonyl (C=O) groups excluding carboxylic acids is 1. The van der Waals surface area contributed by atoms with Crippen LogP contribution in [0.2, 0.25) is 0 Å². The van der Waals surface area contributed by atoms with Gasteiger partial charge in [-0.15, -0.1) is 0 Å². The van der Waals surface area contributed by atoms with Gasteiger partial charge in [0.05, 0.1) is 18.8 Å². The highest BCUT2D eigenvalue weighted by Gasteiger charge is 2.17. The summed E-state index contributed by atoms with van der Waals surface area (Å²) in [6.07, 6.45) is 61.9. The molecule has 0 bridgehead atoms. The van der Waals surface area contributed by atoms with Crippen LogP contribution in [-0.2, 0) is 4.79 Å². The zero-order valence-corrected chi connectivity index (χ0v) is 35.3. The van der Waals surface area contributed by atoms with Crippen LogP contribution in [0, 0.1) is 0 Å². The topological polar surface area (TPSA) is 69.6 Å². The van der Waals surface area contributed by atoms with Crippen LogP contribution in [0.1, 0.15) is 226 Å². The summed E-state index contributed by atoms with van der Waals surface area (Å²) in [5, 5.41) is 23.0. The van der Waals surface area contributed by atoms with E-state index in [1.807, 2.05) is 6.08 Å². The van der Waals surface area contributed by atoms with Gasteiger partial charge in [0.2, 0.25) is 5.91 Å². The molecule has 0 spiro atoms. The maximum absolute atomic E-state index is 12.4. The van der Waals surface area contributed by atoms with Gasteiger partial charge in [0.1, 0.15) is 0 Å². The molecule has 0 aliphatic rings. The van der Waals surface area contributed by atoms with Crippen molar-refractivity contribution in [3.05, 3.63) is 60.8 Å². The normalized spacial score (nSPS) is 13.5. The Morgan fingerprint density at radius 3 is 1.23 bits per heavy atom. The first kappa shape index (κ1) is 51.1. The Labute approximate surface area is 330 Å². The van der Waals surface area contributed by atoms with Crippen LogP contribution in [0.15, 0.2) is 60.8 Å².